The van der Waals surface area contributed by atoms with Gasteiger partial charge < -0.3 is 24.4 Å². The predicted octanol–water partition coefficient (Wildman–Crippen LogP) is 3.22. The number of nitrogens with zero attached hydrogens (tertiary/aromatic N) is 1. The standard InChI is InChI=1S/C20H30N2O5/c1-14(23)22(16-8-6-5-7-9-16)11-10-19(24)21-15-12-17(25-2)20(27-4)18(13-15)26-3/h12-13,16H,5-11H2,1-4H3,(H,21,24). The Labute approximate surface area is 161 Å². The van der Waals surface area contributed by atoms with Gasteiger partial charge >= 0.3 is 0 Å². The Morgan fingerprint density at radius 3 is 2.11 bits per heavy atom. The molecule has 0 aliphatic heterocycles. The molecule has 0 unspecified atom stereocenters. The van der Waals surface area contributed by atoms with Crippen molar-refractivity contribution in [1.82, 2.24) is 4.90 Å². The second-order valence-electron chi connectivity index (χ2n) is 6.72. The molecule has 0 heterocycles. The fourth-order valence-electron chi connectivity index (χ4n) is 3.59. The van der Waals surface area contributed by atoms with Gasteiger partial charge in [0, 0.05) is 43.8 Å². The molecular weight excluding hydrogens is 348 g/mol. The molecule has 0 bridgehead atoms. The molecule has 150 valence electrons. The highest BCUT2D eigenvalue weighted by atomic mass is 16.5. The van der Waals surface area contributed by atoms with Gasteiger partial charge in [0.2, 0.25) is 17.6 Å². The number of ether oxygens (including phenoxy) is 3. The summed E-state index contributed by atoms with van der Waals surface area (Å²) in [5.74, 6) is 1.28. The highest BCUT2D eigenvalue weighted by Crippen LogP contribution is 2.39. The van der Waals surface area contributed by atoms with E-state index >= 15 is 0 Å². The van der Waals surface area contributed by atoms with Crippen molar-refractivity contribution in [3.05, 3.63) is 12.1 Å². The summed E-state index contributed by atoms with van der Waals surface area (Å²) in [5.41, 5.74) is 0.557. The van der Waals surface area contributed by atoms with E-state index in [0.29, 0.717) is 29.5 Å². The van der Waals surface area contributed by atoms with Crippen LogP contribution in [-0.4, -0.2) is 50.6 Å². The van der Waals surface area contributed by atoms with Gasteiger partial charge in [-0.1, -0.05) is 19.3 Å². The van der Waals surface area contributed by atoms with Crippen molar-refractivity contribution in [2.75, 3.05) is 33.2 Å². The molecule has 1 fully saturated rings. The Bertz CT molecular complexity index is 631. The van der Waals surface area contributed by atoms with Gasteiger partial charge in [-0.2, -0.15) is 0 Å². The van der Waals surface area contributed by atoms with Crippen LogP contribution in [0, 0.1) is 0 Å². The molecule has 0 radical (unpaired) electrons. The SMILES string of the molecule is COc1cc(NC(=O)CCN(C(C)=O)C2CCCCC2)cc(OC)c1OC. The first-order chi connectivity index (χ1) is 13.0. The van der Waals surface area contributed by atoms with Crippen LogP contribution in [0.5, 0.6) is 17.2 Å². The lowest BCUT2D eigenvalue weighted by Crippen LogP contribution is -2.41. The number of hydrogen-bond acceptors (Lipinski definition) is 5. The molecule has 0 spiro atoms. The van der Waals surface area contributed by atoms with Gasteiger partial charge in [-0.3, -0.25) is 9.59 Å². The van der Waals surface area contributed by atoms with E-state index in [4.69, 9.17) is 14.2 Å². The minimum atomic E-state index is -0.161. The third kappa shape index (κ3) is 5.52. The Balaban J connectivity index is 2.01. The van der Waals surface area contributed by atoms with E-state index in [1.54, 1.807) is 19.1 Å². The van der Waals surface area contributed by atoms with Crippen LogP contribution in [0.2, 0.25) is 0 Å². The fraction of sp³-hybridized carbons (Fsp3) is 0.600. The Hall–Kier alpha value is -2.44. The van der Waals surface area contributed by atoms with Crippen molar-refractivity contribution >= 4 is 17.5 Å². The number of benzene rings is 1. The third-order valence-electron chi connectivity index (χ3n) is 4.95. The molecule has 1 N–H and O–H groups in total. The van der Waals surface area contributed by atoms with Crippen LogP contribution in [0.4, 0.5) is 5.69 Å². The smallest absolute Gasteiger partial charge is 0.226 e. The van der Waals surface area contributed by atoms with E-state index in [2.05, 4.69) is 5.32 Å². The number of anilines is 1. The highest BCUT2D eigenvalue weighted by Gasteiger charge is 2.23. The van der Waals surface area contributed by atoms with Crippen molar-refractivity contribution in [1.29, 1.82) is 0 Å². The third-order valence-corrected chi connectivity index (χ3v) is 4.95. The molecule has 1 aromatic carbocycles. The Morgan fingerprint density at radius 2 is 1.63 bits per heavy atom. The predicted molar refractivity (Wildman–Crippen MR) is 104 cm³/mol. The van der Waals surface area contributed by atoms with Crippen molar-refractivity contribution in [3.8, 4) is 17.2 Å². The van der Waals surface area contributed by atoms with Crippen LogP contribution in [-0.2, 0) is 9.59 Å². The molecule has 7 heteroatoms. The first-order valence-corrected chi connectivity index (χ1v) is 9.37. The molecule has 27 heavy (non-hydrogen) atoms. The summed E-state index contributed by atoms with van der Waals surface area (Å²) in [5, 5.41) is 2.85. The molecule has 1 aliphatic rings. The number of methoxy groups -OCH3 is 3. The summed E-state index contributed by atoms with van der Waals surface area (Å²) in [6, 6.07) is 3.62. The van der Waals surface area contributed by atoms with Gasteiger partial charge in [0.05, 0.1) is 21.3 Å². The maximum Gasteiger partial charge on any atom is 0.226 e. The minimum absolute atomic E-state index is 0.0301. The van der Waals surface area contributed by atoms with Gasteiger partial charge in [-0.05, 0) is 12.8 Å². The van der Waals surface area contributed by atoms with Gasteiger partial charge in [0.1, 0.15) is 0 Å². The molecule has 0 saturated heterocycles. The first-order valence-electron chi connectivity index (χ1n) is 9.37. The lowest BCUT2D eigenvalue weighted by molar-refractivity contribution is -0.132. The summed E-state index contributed by atoms with van der Waals surface area (Å²) in [6.07, 6.45) is 5.80. The molecule has 7 nitrogen and oxygen atoms in total. The van der Waals surface area contributed by atoms with Crippen molar-refractivity contribution in [2.45, 2.75) is 51.5 Å². The number of carbonyl (C=O) groups excluding carboxylic acids is 2. The number of carbonyl (C=O) groups is 2. The molecule has 0 aromatic heterocycles. The number of nitrogens with one attached hydrogen (secondary N) is 1. The molecule has 0 atom stereocenters. The zero-order chi connectivity index (χ0) is 19.8. The van der Waals surface area contributed by atoms with Crippen molar-refractivity contribution < 1.29 is 23.8 Å². The lowest BCUT2D eigenvalue weighted by atomic mass is 9.94. The maximum absolute atomic E-state index is 12.4. The molecule has 1 aliphatic carbocycles. The van der Waals surface area contributed by atoms with E-state index in [9.17, 15) is 9.59 Å². The molecule has 1 aromatic rings. The molecule has 1 saturated carbocycles. The summed E-state index contributed by atoms with van der Waals surface area (Å²) < 4.78 is 15.9. The van der Waals surface area contributed by atoms with Gasteiger partial charge in [0.15, 0.2) is 11.5 Å². The zero-order valence-electron chi connectivity index (χ0n) is 16.7. The minimum Gasteiger partial charge on any atom is -0.493 e. The van der Waals surface area contributed by atoms with Crippen LogP contribution < -0.4 is 19.5 Å². The van der Waals surface area contributed by atoms with E-state index in [1.807, 2.05) is 4.90 Å². The van der Waals surface area contributed by atoms with Crippen LogP contribution in [0.1, 0.15) is 45.4 Å². The quantitative estimate of drug-likeness (QED) is 0.752. The largest absolute Gasteiger partial charge is 0.493 e. The number of hydrogen-bond donors (Lipinski definition) is 1. The van der Waals surface area contributed by atoms with Gasteiger partial charge in [-0.15, -0.1) is 0 Å². The van der Waals surface area contributed by atoms with E-state index < -0.39 is 0 Å². The van der Waals surface area contributed by atoms with Gasteiger partial charge in [-0.25, -0.2) is 0 Å². The van der Waals surface area contributed by atoms with Crippen LogP contribution in [0.25, 0.3) is 0 Å². The van der Waals surface area contributed by atoms with Crippen LogP contribution >= 0.6 is 0 Å². The van der Waals surface area contributed by atoms with E-state index in [0.717, 1.165) is 25.7 Å². The highest BCUT2D eigenvalue weighted by molar-refractivity contribution is 5.92. The van der Waals surface area contributed by atoms with Crippen LogP contribution in [0.3, 0.4) is 0 Å². The van der Waals surface area contributed by atoms with Crippen molar-refractivity contribution in [2.24, 2.45) is 0 Å². The first kappa shape index (κ1) is 20.9. The Morgan fingerprint density at radius 1 is 1.04 bits per heavy atom. The summed E-state index contributed by atoms with van der Waals surface area (Å²) in [4.78, 5) is 26.3. The summed E-state index contributed by atoms with van der Waals surface area (Å²) >= 11 is 0. The van der Waals surface area contributed by atoms with Crippen molar-refractivity contribution in [3.63, 3.8) is 0 Å². The van der Waals surface area contributed by atoms with E-state index in [1.165, 1.54) is 27.8 Å². The Kier molecular flexibility index (Phi) is 7.76. The van der Waals surface area contributed by atoms with Gasteiger partial charge in [0.25, 0.3) is 0 Å². The summed E-state index contributed by atoms with van der Waals surface area (Å²) in [7, 11) is 4.58. The maximum atomic E-state index is 12.4. The lowest BCUT2D eigenvalue weighted by Gasteiger charge is -2.33. The van der Waals surface area contributed by atoms with E-state index in [-0.39, 0.29) is 24.3 Å². The molecule has 2 rings (SSSR count). The fourth-order valence-corrected chi connectivity index (χ4v) is 3.59. The monoisotopic (exact) mass is 378 g/mol. The normalized spacial score (nSPS) is 14.4. The number of amides is 2. The molecular formula is C20H30N2O5. The topological polar surface area (TPSA) is 77.1 Å². The average molecular weight is 378 g/mol. The molecule has 2 amide bonds. The number of rotatable bonds is 8. The summed E-state index contributed by atoms with van der Waals surface area (Å²) in [6.45, 7) is 2.00. The second-order valence-corrected chi connectivity index (χ2v) is 6.72. The van der Waals surface area contributed by atoms with Crippen LogP contribution in [0.15, 0.2) is 12.1 Å². The second kappa shape index (κ2) is 10.0. The zero-order valence-corrected chi connectivity index (χ0v) is 16.7. The average Bonchev–Trinajstić information content (AvgIpc) is 2.67.